The van der Waals surface area contributed by atoms with Crippen molar-refractivity contribution < 1.29 is 18.7 Å². The van der Waals surface area contributed by atoms with Crippen LogP contribution in [0.2, 0.25) is 5.02 Å². The molecule has 0 aromatic heterocycles. The molecule has 2 N–H and O–H groups in total. The number of carboxylic acids is 1. The normalized spacial score (nSPS) is 12.5. The summed E-state index contributed by atoms with van der Waals surface area (Å²) < 4.78 is 19.7. The Bertz CT molecular complexity index is 420. The molecule has 0 fully saturated rings. The van der Waals surface area contributed by atoms with Gasteiger partial charge in [-0.25, -0.2) is 9.00 Å². The van der Waals surface area contributed by atoms with Crippen LogP contribution >= 0.6 is 27.5 Å². The summed E-state index contributed by atoms with van der Waals surface area (Å²) in [6.07, 6.45) is 0. The van der Waals surface area contributed by atoms with E-state index in [1.807, 2.05) is 0 Å². The van der Waals surface area contributed by atoms with Crippen LogP contribution in [0.3, 0.4) is 0 Å². The maximum absolute atomic E-state index is 10.7. The van der Waals surface area contributed by atoms with Gasteiger partial charge in [0.05, 0.1) is 15.5 Å². The summed E-state index contributed by atoms with van der Waals surface area (Å²) in [5.41, 5.74) is -0.210. The quantitative estimate of drug-likeness (QED) is 0.822. The van der Waals surface area contributed by atoms with Crippen molar-refractivity contribution in [1.29, 1.82) is 0 Å². The average molecular weight is 300 g/mol. The first kappa shape index (κ1) is 11.6. The van der Waals surface area contributed by atoms with Crippen molar-refractivity contribution in [3.05, 3.63) is 27.2 Å². The molecule has 1 aromatic rings. The van der Waals surface area contributed by atoms with Crippen molar-refractivity contribution in [2.75, 3.05) is 0 Å². The van der Waals surface area contributed by atoms with Crippen molar-refractivity contribution in [2.45, 2.75) is 4.90 Å². The highest BCUT2D eigenvalue weighted by Gasteiger charge is 2.15. The fourth-order valence-electron chi connectivity index (χ4n) is 0.821. The molecular formula is C7H4BrClO4S. The van der Waals surface area contributed by atoms with Gasteiger partial charge in [-0.2, -0.15) is 0 Å². The second-order valence-corrected chi connectivity index (χ2v) is 4.52. The molecule has 0 aliphatic rings. The molecule has 0 aliphatic carbocycles. The summed E-state index contributed by atoms with van der Waals surface area (Å²) in [6, 6.07) is 2.36. The van der Waals surface area contributed by atoms with Gasteiger partial charge in [0.1, 0.15) is 0 Å². The van der Waals surface area contributed by atoms with Gasteiger partial charge in [-0.15, -0.1) is 0 Å². The molecule has 1 atom stereocenters. The molecular weight excluding hydrogens is 295 g/mol. The van der Waals surface area contributed by atoms with Crippen molar-refractivity contribution in [2.24, 2.45) is 0 Å². The van der Waals surface area contributed by atoms with Gasteiger partial charge >= 0.3 is 5.97 Å². The molecule has 7 heteroatoms. The molecule has 0 aliphatic heterocycles. The summed E-state index contributed by atoms with van der Waals surface area (Å²) in [4.78, 5) is 10.6. The minimum atomic E-state index is -2.23. The van der Waals surface area contributed by atoms with Crippen LogP contribution < -0.4 is 0 Å². The Labute approximate surface area is 95.3 Å². The zero-order valence-electron chi connectivity index (χ0n) is 6.53. The first-order valence-electron chi connectivity index (χ1n) is 3.26. The van der Waals surface area contributed by atoms with E-state index in [1.54, 1.807) is 0 Å². The molecule has 0 spiro atoms. The first-order valence-corrected chi connectivity index (χ1v) is 5.54. The number of hydrogen-bond donors (Lipinski definition) is 2. The number of benzene rings is 1. The van der Waals surface area contributed by atoms with Crippen LogP contribution in [0.15, 0.2) is 21.5 Å². The van der Waals surface area contributed by atoms with Crippen LogP contribution in [-0.4, -0.2) is 19.8 Å². The monoisotopic (exact) mass is 298 g/mol. The first-order chi connectivity index (χ1) is 6.43. The molecule has 0 heterocycles. The summed E-state index contributed by atoms with van der Waals surface area (Å²) in [5.74, 6) is -1.25. The Morgan fingerprint density at radius 1 is 1.50 bits per heavy atom. The zero-order chi connectivity index (χ0) is 10.9. The molecule has 1 rings (SSSR count). The zero-order valence-corrected chi connectivity index (χ0v) is 9.69. The second kappa shape index (κ2) is 4.39. The minimum absolute atomic E-state index is 0.00620. The number of aromatic carboxylic acids is 1. The van der Waals surface area contributed by atoms with E-state index in [4.69, 9.17) is 21.3 Å². The van der Waals surface area contributed by atoms with Crippen LogP contribution in [0.1, 0.15) is 10.4 Å². The van der Waals surface area contributed by atoms with Crippen molar-refractivity contribution in [3.8, 4) is 0 Å². The third kappa shape index (κ3) is 2.33. The highest BCUT2D eigenvalue weighted by atomic mass is 79.9. The summed E-state index contributed by atoms with van der Waals surface area (Å²) >= 11 is 6.42. The highest BCUT2D eigenvalue weighted by molar-refractivity contribution is 9.10. The van der Waals surface area contributed by atoms with E-state index >= 15 is 0 Å². The van der Waals surface area contributed by atoms with Crippen LogP contribution in [0.4, 0.5) is 0 Å². The molecule has 1 aromatic carbocycles. The minimum Gasteiger partial charge on any atom is -0.478 e. The van der Waals surface area contributed by atoms with E-state index in [0.717, 1.165) is 6.07 Å². The van der Waals surface area contributed by atoms with Crippen LogP contribution in [0.5, 0.6) is 0 Å². The number of carbonyl (C=O) groups is 1. The number of rotatable bonds is 2. The average Bonchev–Trinajstić information content (AvgIpc) is 2.08. The fraction of sp³-hybridized carbons (Fsp3) is 0. The molecule has 0 saturated carbocycles. The van der Waals surface area contributed by atoms with E-state index in [1.165, 1.54) is 6.07 Å². The van der Waals surface area contributed by atoms with Gasteiger partial charge in [0.2, 0.25) is 0 Å². The second-order valence-electron chi connectivity index (χ2n) is 2.32. The number of halogens is 2. The van der Waals surface area contributed by atoms with E-state index in [2.05, 4.69) is 15.9 Å². The molecule has 4 nitrogen and oxygen atoms in total. The lowest BCUT2D eigenvalue weighted by Gasteiger charge is -2.03. The van der Waals surface area contributed by atoms with Gasteiger partial charge in [-0.05, 0) is 28.1 Å². The van der Waals surface area contributed by atoms with Gasteiger partial charge in [0.25, 0.3) is 0 Å². The standard InChI is InChI=1S/C7H4BrClO4S/c8-5-2-3(14(12)13)1-4(6(5)9)7(10)11/h1-2H,(H,10,11)(H,12,13). The Morgan fingerprint density at radius 3 is 2.50 bits per heavy atom. The Kier molecular flexibility index (Phi) is 3.65. The summed E-state index contributed by atoms with van der Waals surface area (Å²) in [6.45, 7) is 0. The van der Waals surface area contributed by atoms with E-state index < -0.39 is 17.0 Å². The molecule has 0 bridgehead atoms. The predicted molar refractivity (Wildman–Crippen MR) is 55.1 cm³/mol. The fourth-order valence-corrected chi connectivity index (χ4v) is 2.06. The molecule has 0 saturated heterocycles. The lowest BCUT2D eigenvalue weighted by atomic mass is 10.2. The molecule has 14 heavy (non-hydrogen) atoms. The highest BCUT2D eigenvalue weighted by Crippen LogP contribution is 2.29. The van der Waals surface area contributed by atoms with Gasteiger partial charge in [-0.1, -0.05) is 11.6 Å². The Hall–Kier alpha value is -0.430. The van der Waals surface area contributed by atoms with Crippen LogP contribution in [0, 0.1) is 0 Å². The maximum atomic E-state index is 10.7. The summed E-state index contributed by atoms with van der Waals surface area (Å²) in [7, 11) is 0. The van der Waals surface area contributed by atoms with Crippen molar-refractivity contribution in [1.82, 2.24) is 0 Å². The van der Waals surface area contributed by atoms with E-state index in [0.29, 0.717) is 0 Å². The third-order valence-corrected chi connectivity index (χ3v) is 3.33. The van der Waals surface area contributed by atoms with Gasteiger partial charge in [0, 0.05) is 4.47 Å². The number of hydrogen-bond acceptors (Lipinski definition) is 2. The van der Waals surface area contributed by atoms with Gasteiger partial charge in [-0.3, -0.25) is 0 Å². The van der Waals surface area contributed by atoms with Gasteiger partial charge in [0.15, 0.2) is 11.1 Å². The predicted octanol–water partition coefficient (Wildman–Crippen LogP) is 2.38. The third-order valence-electron chi connectivity index (χ3n) is 1.43. The SMILES string of the molecule is O=C(O)c1cc(S(=O)O)cc(Br)c1Cl. The Balaban J connectivity index is 3.43. The lowest BCUT2D eigenvalue weighted by molar-refractivity contribution is 0.0696. The largest absolute Gasteiger partial charge is 0.478 e. The maximum Gasteiger partial charge on any atom is 0.337 e. The van der Waals surface area contributed by atoms with E-state index in [-0.39, 0.29) is 20.0 Å². The molecule has 0 amide bonds. The van der Waals surface area contributed by atoms with Crippen molar-refractivity contribution >= 4 is 44.6 Å². The van der Waals surface area contributed by atoms with Crippen LogP contribution in [-0.2, 0) is 11.1 Å². The molecule has 1 unspecified atom stereocenters. The van der Waals surface area contributed by atoms with Gasteiger partial charge < -0.3 is 9.66 Å². The van der Waals surface area contributed by atoms with Crippen LogP contribution in [0.25, 0.3) is 0 Å². The molecule has 76 valence electrons. The number of carboxylic acid groups (broad SMARTS) is 1. The summed E-state index contributed by atoms with van der Waals surface area (Å²) in [5, 5.41) is 8.72. The lowest BCUT2D eigenvalue weighted by Crippen LogP contribution is -2.00. The van der Waals surface area contributed by atoms with Crippen molar-refractivity contribution in [3.63, 3.8) is 0 Å². The topological polar surface area (TPSA) is 74.6 Å². The smallest absolute Gasteiger partial charge is 0.337 e. The van der Waals surface area contributed by atoms with E-state index in [9.17, 15) is 9.00 Å². The molecule has 0 radical (unpaired) electrons. The Morgan fingerprint density at radius 2 is 2.07 bits per heavy atom.